The molecule has 2 atom stereocenters. The Hall–Kier alpha value is -4.19. The Labute approximate surface area is 265 Å². The lowest BCUT2D eigenvalue weighted by Gasteiger charge is -2.35. The summed E-state index contributed by atoms with van der Waals surface area (Å²) >= 11 is 3.40. The number of aryl methyl sites for hydroxylation is 1. The van der Waals surface area contributed by atoms with Crippen molar-refractivity contribution in [1.29, 1.82) is 0 Å². The van der Waals surface area contributed by atoms with Crippen molar-refractivity contribution in [3.05, 3.63) is 81.5 Å². The molecule has 0 aromatic heterocycles. The first-order chi connectivity index (χ1) is 21.1. The normalized spacial score (nSPS) is 15.3. The number of esters is 1. The van der Waals surface area contributed by atoms with Crippen molar-refractivity contribution in [3.63, 3.8) is 0 Å². The Morgan fingerprint density at radius 1 is 1.05 bits per heavy atom. The smallest absolute Gasteiger partial charge is 0.338 e. The maximum absolute atomic E-state index is 13.1. The van der Waals surface area contributed by atoms with Crippen molar-refractivity contribution in [3.8, 4) is 0 Å². The van der Waals surface area contributed by atoms with Gasteiger partial charge in [0.05, 0.1) is 24.6 Å². The van der Waals surface area contributed by atoms with Gasteiger partial charge in [-0.05, 0) is 56.4 Å². The molecule has 1 unspecified atom stereocenters. The Morgan fingerprint density at radius 3 is 2.41 bits per heavy atom. The molecule has 1 heterocycles. The van der Waals surface area contributed by atoms with Gasteiger partial charge in [-0.2, -0.15) is 0 Å². The van der Waals surface area contributed by atoms with Crippen molar-refractivity contribution in [2.75, 3.05) is 19.7 Å². The van der Waals surface area contributed by atoms with Gasteiger partial charge in [-0.15, -0.1) is 0 Å². The van der Waals surface area contributed by atoms with Gasteiger partial charge in [-0.25, -0.2) is 9.59 Å². The summed E-state index contributed by atoms with van der Waals surface area (Å²) < 4.78 is 6.17. The first kappa shape index (κ1) is 34.3. The van der Waals surface area contributed by atoms with Crippen molar-refractivity contribution in [1.82, 2.24) is 20.9 Å². The van der Waals surface area contributed by atoms with Crippen LogP contribution < -0.4 is 16.0 Å². The minimum Gasteiger partial charge on any atom is -0.481 e. The Balaban J connectivity index is 1.64. The number of benzene rings is 2. The molecule has 0 saturated heterocycles. The zero-order chi connectivity index (χ0) is 32.1. The Kier molecular flexibility index (Phi) is 13.4. The molecule has 12 heteroatoms. The maximum atomic E-state index is 13.1. The fourth-order valence-electron chi connectivity index (χ4n) is 4.94. The molecular weight excluding hydrogens is 632 g/mol. The first-order valence-corrected chi connectivity index (χ1v) is 15.4. The van der Waals surface area contributed by atoms with Crippen LogP contribution in [0.2, 0.25) is 0 Å². The summed E-state index contributed by atoms with van der Waals surface area (Å²) in [6.45, 7) is 3.78. The molecule has 236 valence electrons. The van der Waals surface area contributed by atoms with Gasteiger partial charge in [0.25, 0.3) is 0 Å². The van der Waals surface area contributed by atoms with Crippen LogP contribution in [0.25, 0.3) is 0 Å². The quantitative estimate of drug-likeness (QED) is 0.195. The summed E-state index contributed by atoms with van der Waals surface area (Å²) in [6, 6.07) is 15.5. The number of carboxylic acid groups (broad SMARTS) is 1. The topological polar surface area (TPSA) is 154 Å². The molecule has 2 aromatic rings. The van der Waals surface area contributed by atoms with Crippen LogP contribution in [0.15, 0.2) is 70.3 Å². The lowest BCUT2D eigenvalue weighted by atomic mass is 9.95. The van der Waals surface area contributed by atoms with Gasteiger partial charge in [-0.1, -0.05) is 58.4 Å². The van der Waals surface area contributed by atoms with Gasteiger partial charge in [-0.3, -0.25) is 19.3 Å². The molecule has 0 radical (unpaired) electrons. The van der Waals surface area contributed by atoms with Crippen LogP contribution in [0.4, 0.5) is 4.79 Å². The predicted molar refractivity (Wildman–Crippen MR) is 167 cm³/mol. The number of nitrogens with one attached hydrogen (secondary N) is 3. The first-order valence-electron chi connectivity index (χ1n) is 14.6. The number of amides is 4. The van der Waals surface area contributed by atoms with E-state index in [1.165, 1.54) is 4.90 Å². The van der Waals surface area contributed by atoms with Crippen LogP contribution in [0.5, 0.6) is 0 Å². The van der Waals surface area contributed by atoms with Crippen LogP contribution in [0.3, 0.4) is 0 Å². The number of hydrogen-bond acceptors (Lipinski definition) is 6. The lowest BCUT2D eigenvalue weighted by molar-refractivity contribution is -0.139. The van der Waals surface area contributed by atoms with Crippen LogP contribution in [-0.2, 0) is 30.3 Å². The summed E-state index contributed by atoms with van der Waals surface area (Å²) in [5.41, 5.74) is 2.58. The molecule has 4 amide bonds. The average molecular weight is 672 g/mol. The van der Waals surface area contributed by atoms with Crippen molar-refractivity contribution < 1.29 is 33.8 Å². The Bertz CT molecular complexity index is 1350. The number of urea groups is 1. The SMILES string of the molecule is CCOC(=O)C1=C(C)N(CCCC(=O)N[C@@H](CCc2ccccc2)CC(=O)NCCC(=O)O)C(=O)NC1c1ccc(Br)cc1. The highest BCUT2D eigenvalue weighted by atomic mass is 79.9. The van der Waals surface area contributed by atoms with Crippen LogP contribution in [-0.4, -0.2) is 65.5 Å². The van der Waals surface area contributed by atoms with E-state index in [1.54, 1.807) is 13.8 Å². The van der Waals surface area contributed by atoms with Crippen molar-refractivity contribution in [2.45, 2.75) is 64.5 Å². The van der Waals surface area contributed by atoms with Crippen molar-refractivity contribution in [2.24, 2.45) is 0 Å². The number of carbonyl (C=O) groups is 5. The van der Waals surface area contributed by atoms with Gasteiger partial charge in [0.1, 0.15) is 0 Å². The summed E-state index contributed by atoms with van der Waals surface area (Å²) in [5.74, 6) is -2.16. The minimum absolute atomic E-state index is 0.00868. The van der Waals surface area contributed by atoms with Gasteiger partial charge >= 0.3 is 18.0 Å². The van der Waals surface area contributed by atoms with E-state index in [0.717, 1.165) is 15.6 Å². The van der Waals surface area contributed by atoms with Crippen molar-refractivity contribution >= 4 is 45.7 Å². The number of allylic oxidation sites excluding steroid dienone is 1. The largest absolute Gasteiger partial charge is 0.481 e. The summed E-state index contributed by atoms with van der Waals surface area (Å²) in [7, 11) is 0. The zero-order valence-electron chi connectivity index (χ0n) is 24.9. The highest BCUT2D eigenvalue weighted by molar-refractivity contribution is 9.10. The third kappa shape index (κ3) is 10.5. The number of rotatable bonds is 16. The highest BCUT2D eigenvalue weighted by Gasteiger charge is 2.36. The molecular formula is C32H39BrN4O7. The van der Waals surface area contributed by atoms with E-state index >= 15 is 0 Å². The minimum atomic E-state index is -1.01. The van der Waals surface area contributed by atoms with E-state index in [9.17, 15) is 24.0 Å². The lowest BCUT2D eigenvalue weighted by Crippen LogP contribution is -2.48. The molecule has 0 spiro atoms. The van der Waals surface area contributed by atoms with Crippen LogP contribution >= 0.6 is 15.9 Å². The molecule has 1 aliphatic heterocycles. The average Bonchev–Trinajstić information content (AvgIpc) is 2.98. The standard InChI is InChI=1S/C32H39BrN4O7/c1-3-44-31(42)29-21(2)37(32(43)36-30(29)23-12-14-24(33)15-13-23)19-7-10-26(38)35-25(16-11-22-8-5-4-6-9-22)20-27(39)34-18-17-28(40)41/h4-6,8-9,12-15,25,30H,3,7,10-11,16-20H2,1-2H3,(H,34,39)(H,35,38)(H,36,43)(H,40,41)/t25-,30?/m0/s1. The zero-order valence-corrected chi connectivity index (χ0v) is 26.5. The second kappa shape index (κ2) is 17.2. The van der Waals surface area contributed by atoms with Gasteiger partial charge in [0, 0.05) is 42.1 Å². The molecule has 3 rings (SSSR count). The number of nitrogens with zero attached hydrogens (tertiary/aromatic N) is 1. The second-order valence-corrected chi connectivity index (χ2v) is 11.3. The van der Waals surface area contributed by atoms with E-state index in [4.69, 9.17) is 9.84 Å². The van der Waals surface area contributed by atoms with E-state index in [2.05, 4.69) is 31.9 Å². The number of aliphatic carboxylic acids is 1. The molecule has 1 aliphatic rings. The fraction of sp³-hybridized carbons (Fsp3) is 0.406. The number of carbonyl (C=O) groups excluding carboxylic acids is 4. The fourth-order valence-corrected chi connectivity index (χ4v) is 5.21. The Morgan fingerprint density at radius 2 is 1.75 bits per heavy atom. The van der Waals surface area contributed by atoms with E-state index < -0.39 is 24.0 Å². The van der Waals surface area contributed by atoms with Crippen LogP contribution in [0.1, 0.15) is 63.1 Å². The van der Waals surface area contributed by atoms with Gasteiger partial charge in [0.2, 0.25) is 11.8 Å². The third-order valence-corrected chi connectivity index (χ3v) is 7.69. The van der Waals surface area contributed by atoms with Gasteiger partial charge < -0.3 is 25.8 Å². The molecule has 11 nitrogen and oxygen atoms in total. The summed E-state index contributed by atoms with van der Waals surface area (Å²) in [6.07, 6.45) is 1.37. The summed E-state index contributed by atoms with van der Waals surface area (Å²) in [5, 5.41) is 17.2. The van der Waals surface area contributed by atoms with Gasteiger partial charge in [0.15, 0.2) is 0 Å². The van der Waals surface area contributed by atoms with E-state index in [1.807, 2.05) is 54.6 Å². The summed E-state index contributed by atoms with van der Waals surface area (Å²) in [4.78, 5) is 63.7. The molecule has 0 fully saturated rings. The number of ether oxygens (including phenoxy) is 1. The van der Waals surface area contributed by atoms with Crippen LogP contribution in [0, 0.1) is 0 Å². The molecule has 0 aliphatic carbocycles. The molecule has 44 heavy (non-hydrogen) atoms. The number of halogens is 1. The molecule has 2 aromatic carbocycles. The molecule has 0 saturated carbocycles. The number of carboxylic acids is 1. The van der Waals surface area contributed by atoms with E-state index in [-0.39, 0.29) is 56.8 Å². The molecule has 0 bridgehead atoms. The molecule has 4 N–H and O–H groups in total. The predicted octanol–water partition coefficient (Wildman–Crippen LogP) is 4.23. The maximum Gasteiger partial charge on any atom is 0.338 e. The second-order valence-electron chi connectivity index (χ2n) is 10.4. The van der Waals surface area contributed by atoms with E-state index in [0.29, 0.717) is 30.5 Å². The number of hydrogen-bond donors (Lipinski definition) is 4. The highest BCUT2D eigenvalue weighted by Crippen LogP contribution is 2.32. The monoisotopic (exact) mass is 670 g/mol. The third-order valence-electron chi connectivity index (χ3n) is 7.16.